The normalized spacial score (nSPS) is 23.2. The summed E-state index contributed by atoms with van der Waals surface area (Å²) in [5, 5.41) is 3.19. The van der Waals surface area contributed by atoms with Crippen molar-refractivity contribution >= 4 is 12.0 Å². The highest BCUT2D eigenvalue weighted by atomic mass is 19.1. The second-order valence-electron chi connectivity index (χ2n) is 10.6. The molecule has 2 aromatic carbocycles. The van der Waals surface area contributed by atoms with Crippen LogP contribution in [0.3, 0.4) is 0 Å². The van der Waals surface area contributed by atoms with Gasteiger partial charge >= 0.3 is 6.09 Å². The lowest BCUT2D eigenvalue weighted by Crippen LogP contribution is -2.57. The van der Waals surface area contributed by atoms with E-state index in [2.05, 4.69) is 10.2 Å². The Hall–Kier alpha value is -2.93. The first-order chi connectivity index (χ1) is 17.9. The standard InChI is InChI=1S/C30H40FN3O3/c1-22(35)33(2)26-15-16-28(32-30(36)37-21-24-9-5-3-6-10-24)27(20-26)29(34-17-7-4-8-18-34)19-23-11-13-25(31)14-12-23/h3,5-6,9-14,26-29H,4,7-8,15-21H2,1-2H3,(H,32,36)/t26-,27-,28-,29?/m1/s1. The number of nitrogens with one attached hydrogen (secondary N) is 1. The molecule has 0 bridgehead atoms. The second-order valence-corrected chi connectivity index (χ2v) is 10.6. The van der Waals surface area contributed by atoms with Crippen LogP contribution in [0.4, 0.5) is 9.18 Å². The van der Waals surface area contributed by atoms with E-state index in [-0.39, 0.29) is 42.4 Å². The second kappa shape index (κ2) is 13.0. The van der Waals surface area contributed by atoms with Crippen molar-refractivity contribution in [2.24, 2.45) is 5.92 Å². The quantitative estimate of drug-likeness (QED) is 0.534. The van der Waals surface area contributed by atoms with Gasteiger partial charge in [0.2, 0.25) is 5.91 Å². The molecule has 4 rings (SSSR count). The number of ether oxygens (including phenoxy) is 1. The van der Waals surface area contributed by atoms with E-state index in [1.54, 1.807) is 6.92 Å². The molecule has 1 unspecified atom stereocenters. The molecule has 1 aliphatic carbocycles. The molecule has 2 aliphatic rings. The van der Waals surface area contributed by atoms with Gasteiger partial charge in [0.1, 0.15) is 12.4 Å². The van der Waals surface area contributed by atoms with Crippen molar-refractivity contribution in [3.8, 4) is 0 Å². The van der Waals surface area contributed by atoms with Gasteiger partial charge in [0.05, 0.1) is 0 Å². The fraction of sp³-hybridized carbons (Fsp3) is 0.533. The molecule has 4 atom stereocenters. The number of alkyl carbamates (subject to hydrolysis) is 1. The highest BCUT2D eigenvalue weighted by Crippen LogP contribution is 2.35. The van der Waals surface area contributed by atoms with Crippen LogP contribution in [0.1, 0.15) is 56.6 Å². The lowest BCUT2D eigenvalue weighted by Gasteiger charge is -2.47. The number of amides is 2. The van der Waals surface area contributed by atoms with Crippen LogP contribution in [0.25, 0.3) is 0 Å². The fourth-order valence-corrected chi connectivity index (χ4v) is 5.98. The smallest absolute Gasteiger partial charge is 0.407 e. The topological polar surface area (TPSA) is 61.9 Å². The van der Waals surface area contributed by atoms with Crippen LogP contribution < -0.4 is 5.32 Å². The molecular formula is C30H40FN3O3. The summed E-state index contributed by atoms with van der Waals surface area (Å²) in [4.78, 5) is 29.5. The van der Waals surface area contributed by atoms with Crippen LogP contribution in [0.15, 0.2) is 54.6 Å². The molecule has 1 saturated carbocycles. The van der Waals surface area contributed by atoms with Gasteiger partial charge in [-0.05, 0) is 80.8 Å². The van der Waals surface area contributed by atoms with Gasteiger partial charge in [-0.3, -0.25) is 9.69 Å². The SMILES string of the molecule is CC(=O)N(C)[C@@H]1CC[C@@H](NC(=O)OCc2ccccc2)[C@H](C(Cc2ccc(F)cc2)N2CCCCC2)C1. The van der Waals surface area contributed by atoms with E-state index in [1.807, 2.05) is 54.4 Å². The molecule has 2 amide bonds. The summed E-state index contributed by atoms with van der Waals surface area (Å²) < 4.78 is 19.2. The van der Waals surface area contributed by atoms with Gasteiger partial charge < -0.3 is 15.0 Å². The third kappa shape index (κ3) is 7.54. The Kier molecular flexibility index (Phi) is 9.56. The minimum Gasteiger partial charge on any atom is -0.445 e. The number of rotatable bonds is 8. The summed E-state index contributed by atoms with van der Waals surface area (Å²) in [6.07, 6.45) is 6.33. The maximum absolute atomic E-state index is 13.6. The summed E-state index contributed by atoms with van der Waals surface area (Å²) in [5.74, 6) is -0.0433. The van der Waals surface area contributed by atoms with Gasteiger partial charge in [0.25, 0.3) is 0 Å². The van der Waals surface area contributed by atoms with Crippen LogP contribution in [0, 0.1) is 11.7 Å². The number of nitrogens with zero attached hydrogens (tertiary/aromatic N) is 2. The van der Waals surface area contributed by atoms with Crippen molar-refractivity contribution in [3.63, 3.8) is 0 Å². The summed E-state index contributed by atoms with van der Waals surface area (Å²) in [5.41, 5.74) is 2.04. The highest BCUT2D eigenvalue weighted by molar-refractivity contribution is 5.73. The Morgan fingerprint density at radius 2 is 1.73 bits per heavy atom. The summed E-state index contributed by atoms with van der Waals surface area (Å²) in [6, 6.07) is 16.7. The van der Waals surface area contributed by atoms with Crippen molar-refractivity contribution in [2.45, 2.75) is 76.6 Å². The fourth-order valence-electron chi connectivity index (χ4n) is 5.98. The van der Waals surface area contributed by atoms with E-state index in [4.69, 9.17) is 4.74 Å². The molecule has 37 heavy (non-hydrogen) atoms. The Balaban J connectivity index is 1.54. The predicted octanol–water partition coefficient (Wildman–Crippen LogP) is 5.16. The van der Waals surface area contributed by atoms with Gasteiger partial charge in [-0.2, -0.15) is 0 Å². The van der Waals surface area contributed by atoms with Gasteiger partial charge in [-0.25, -0.2) is 9.18 Å². The van der Waals surface area contributed by atoms with Crippen molar-refractivity contribution in [3.05, 3.63) is 71.5 Å². The zero-order valence-electron chi connectivity index (χ0n) is 22.1. The van der Waals surface area contributed by atoms with Crippen molar-refractivity contribution in [2.75, 3.05) is 20.1 Å². The van der Waals surface area contributed by atoms with Crippen LogP contribution in [-0.4, -0.2) is 60.1 Å². The number of piperidine rings is 1. The van der Waals surface area contributed by atoms with E-state index >= 15 is 0 Å². The molecular weight excluding hydrogens is 469 g/mol. The highest BCUT2D eigenvalue weighted by Gasteiger charge is 2.41. The first-order valence-electron chi connectivity index (χ1n) is 13.6. The molecule has 1 aliphatic heterocycles. The molecule has 1 heterocycles. The Labute approximate surface area is 220 Å². The van der Waals surface area contributed by atoms with Crippen LogP contribution in [0.5, 0.6) is 0 Å². The maximum atomic E-state index is 13.6. The predicted molar refractivity (Wildman–Crippen MR) is 142 cm³/mol. The molecule has 1 saturated heterocycles. The molecule has 1 N–H and O–H groups in total. The van der Waals surface area contributed by atoms with Gasteiger partial charge in [-0.1, -0.05) is 48.9 Å². The van der Waals surface area contributed by atoms with Crippen molar-refractivity contribution in [1.82, 2.24) is 15.1 Å². The Morgan fingerprint density at radius 3 is 2.41 bits per heavy atom. The molecule has 2 fully saturated rings. The summed E-state index contributed by atoms with van der Waals surface area (Å²) >= 11 is 0. The zero-order valence-corrected chi connectivity index (χ0v) is 22.1. The van der Waals surface area contributed by atoms with E-state index in [1.165, 1.54) is 18.6 Å². The Bertz CT molecular complexity index is 1010. The zero-order chi connectivity index (χ0) is 26.2. The first-order valence-corrected chi connectivity index (χ1v) is 13.6. The van der Waals surface area contributed by atoms with Gasteiger partial charge in [-0.15, -0.1) is 0 Å². The monoisotopic (exact) mass is 509 g/mol. The minimum absolute atomic E-state index is 0.0606. The largest absolute Gasteiger partial charge is 0.445 e. The summed E-state index contributed by atoms with van der Waals surface area (Å²) in [7, 11) is 1.88. The third-order valence-electron chi connectivity index (χ3n) is 8.14. The molecule has 7 heteroatoms. The number of benzene rings is 2. The van der Waals surface area contributed by atoms with E-state index in [0.717, 1.165) is 62.7 Å². The number of likely N-dealkylation sites (tertiary alicyclic amines) is 1. The number of halogens is 1. The average molecular weight is 510 g/mol. The molecule has 200 valence electrons. The van der Waals surface area contributed by atoms with Crippen LogP contribution in [0.2, 0.25) is 0 Å². The van der Waals surface area contributed by atoms with Crippen molar-refractivity contribution < 1.29 is 18.7 Å². The van der Waals surface area contributed by atoms with Crippen LogP contribution in [-0.2, 0) is 22.6 Å². The number of carbonyl (C=O) groups is 2. The molecule has 0 aromatic heterocycles. The first kappa shape index (κ1) is 27.1. The summed E-state index contributed by atoms with van der Waals surface area (Å²) in [6.45, 7) is 3.87. The van der Waals surface area contributed by atoms with E-state index < -0.39 is 6.09 Å². The van der Waals surface area contributed by atoms with Crippen molar-refractivity contribution in [1.29, 1.82) is 0 Å². The number of hydrogen-bond acceptors (Lipinski definition) is 4. The average Bonchev–Trinajstić information content (AvgIpc) is 2.92. The third-order valence-corrected chi connectivity index (χ3v) is 8.14. The van der Waals surface area contributed by atoms with Gasteiger partial charge in [0.15, 0.2) is 0 Å². The molecule has 0 spiro atoms. The maximum Gasteiger partial charge on any atom is 0.407 e. The van der Waals surface area contributed by atoms with Gasteiger partial charge in [0, 0.05) is 32.1 Å². The lowest BCUT2D eigenvalue weighted by molar-refractivity contribution is -0.130. The number of carbonyl (C=O) groups excluding carboxylic acids is 2. The number of hydrogen-bond donors (Lipinski definition) is 1. The van der Waals surface area contributed by atoms with E-state index in [0.29, 0.717) is 0 Å². The van der Waals surface area contributed by atoms with Crippen LogP contribution >= 0.6 is 0 Å². The molecule has 2 aromatic rings. The minimum atomic E-state index is -0.406. The molecule has 0 radical (unpaired) electrons. The molecule has 6 nitrogen and oxygen atoms in total. The van der Waals surface area contributed by atoms with E-state index in [9.17, 15) is 14.0 Å². The lowest BCUT2D eigenvalue weighted by atomic mass is 9.74. The Morgan fingerprint density at radius 1 is 1.03 bits per heavy atom.